The highest BCUT2D eigenvalue weighted by Gasteiger charge is 2.21. The third-order valence-corrected chi connectivity index (χ3v) is 4.27. The number of amides is 1. The number of anilines is 1. The third kappa shape index (κ3) is 3.00. The van der Waals surface area contributed by atoms with Gasteiger partial charge in [-0.05, 0) is 65.4 Å². The van der Waals surface area contributed by atoms with Crippen LogP contribution in [0.5, 0.6) is 0 Å². The Morgan fingerprint density at radius 2 is 1.81 bits per heavy atom. The van der Waals surface area contributed by atoms with Crippen LogP contribution in [0.3, 0.4) is 0 Å². The molecule has 1 saturated heterocycles. The molecule has 1 fully saturated rings. The lowest BCUT2D eigenvalue weighted by Gasteiger charge is -2.15. The summed E-state index contributed by atoms with van der Waals surface area (Å²) < 4.78 is 1.04. The van der Waals surface area contributed by atoms with Gasteiger partial charge in [-0.15, -0.1) is 0 Å². The molecule has 3 nitrogen and oxygen atoms in total. The van der Waals surface area contributed by atoms with E-state index in [4.69, 9.17) is 0 Å². The van der Waals surface area contributed by atoms with Crippen molar-refractivity contribution in [3.8, 4) is 0 Å². The van der Waals surface area contributed by atoms with Gasteiger partial charge in [0.15, 0.2) is 5.78 Å². The monoisotopic (exact) mass is 391 g/mol. The second-order valence-electron chi connectivity index (χ2n) is 5.04. The summed E-state index contributed by atoms with van der Waals surface area (Å²) in [5.41, 5.74) is 2.20. The summed E-state index contributed by atoms with van der Waals surface area (Å²) in [5.74, 6) is 0.166. The van der Waals surface area contributed by atoms with Gasteiger partial charge in [-0.2, -0.15) is 0 Å². The molecule has 0 bridgehead atoms. The van der Waals surface area contributed by atoms with Crippen LogP contribution < -0.4 is 4.90 Å². The zero-order valence-corrected chi connectivity index (χ0v) is 13.5. The van der Waals surface area contributed by atoms with Crippen molar-refractivity contribution in [2.24, 2.45) is 0 Å². The lowest BCUT2D eigenvalue weighted by molar-refractivity contribution is -0.117. The molecule has 0 radical (unpaired) electrons. The van der Waals surface area contributed by atoms with Crippen molar-refractivity contribution in [3.05, 3.63) is 63.2 Å². The van der Waals surface area contributed by atoms with E-state index >= 15 is 0 Å². The van der Waals surface area contributed by atoms with Crippen molar-refractivity contribution in [2.45, 2.75) is 12.8 Å². The summed E-state index contributed by atoms with van der Waals surface area (Å²) in [5, 5.41) is 0. The Bertz CT molecular complexity index is 694. The molecular formula is C17H14INO2. The van der Waals surface area contributed by atoms with Gasteiger partial charge in [0.25, 0.3) is 0 Å². The second kappa shape index (κ2) is 5.97. The van der Waals surface area contributed by atoms with E-state index in [0.717, 1.165) is 22.2 Å². The highest BCUT2D eigenvalue weighted by atomic mass is 127. The Labute approximate surface area is 137 Å². The van der Waals surface area contributed by atoms with Gasteiger partial charge in [0.2, 0.25) is 5.91 Å². The number of halogens is 1. The molecule has 0 spiro atoms. The molecule has 0 saturated carbocycles. The largest absolute Gasteiger partial charge is 0.312 e. The Morgan fingerprint density at radius 1 is 1.05 bits per heavy atom. The van der Waals surface area contributed by atoms with Crippen LogP contribution in [0.25, 0.3) is 0 Å². The summed E-state index contributed by atoms with van der Waals surface area (Å²) in [4.78, 5) is 25.9. The van der Waals surface area contributed by atoms with E-state index in [1.54, 1.807) is 17.0 Å². The van der Waals surface area contributed by atoms with Gasteiger partial charge in [0, 0.05) is 33.4 Å². The van der Waals surface area contributed by atoms with Gasteiger partial charge < -0.3 is 4.90 Å². The maximum Gasteiger partial charge on any atom is 0.227 e. The van der Waals surface area contributed by atoms with Gasteiger partial charge in [-0.3, -0.25) is 9.59 Å². The minimum atomic E-state index is 0.00724. The van der Waals surface area contributed by atoms with Crippen LogP contribution in [0.15, 0.2) is 48.5 Å². The smallest absolute Gasteiger partial charge is 0.227 e. The van der Waals surface area contributed by atoms with Crippen molar-refractivity contribution in [2.75, 3.05) is 11.4 Å². The van der Waals surface area contributed by atoms with E-state index in [0.29, 0.717) is 17.5 Å². The number of hydrogen-bond acceptors (Lipinski definition) is 2. The number of rotatable bonds is 3. The van der Waals surface area contributed by atoms with E-state index in [2.05, 4.69) is 22.6 Å². The molecule has 2 aromatic rings. The van der Waals surface area contributed by atoms with Crippen LogP contribution in [-0.4, -0.2) is 18.2 Å². The summed E-state index contributed by atoms with van der Waals surface area (Å²) in [6.45, 7) is 0.767. The molecule has 0 N–H and O–H groups in total. The standard InChI is InChI=1S/C17H14INO2/c18-14-4-1-3-13(11-14)17(21)12-6-8-15(9-7-12)19-10-2-5-16(19)20/h1,3-4,6-9,11H,2,5,10H2. The maximum atomic E-state index is 12.4. The zero-order chi connectivity index (χ0) is 14.8. The van der Waals surface area contributed by atoms with Crippen LogP contribution in [0.1, 0.15) is 28.8 Å². The summed E-state index contributed by atoms with van der Waals surface area (Å²) in [6, 6.07) is 14.8. The van der Waals surface area contributed by atoms with E-state index in [1.807, 2.05) is 36.4 Å². The average molecular weight is 391 g/mol. The molecule has 4 heteroatoms. The van der Waals surface area contributed by atoms with Crippen LogP contribution in [0.4, 0.5) is 5.69 Å². The third-order valence-electron chi connectivity index (χ3n) is 3.60. The molecule has 1 heterocycles. The summed E-state index contributed by atoms with van der Waals surface area (Å²) in [6.07, 6.45) is 1.52. The average Bonchev–Trinajstić information content (AvgIpc) is 2.93. The zero-order valence-electron chi connectivity index (χ0n) is 11.4. The van der Waals surface area contributed by atoms with E-state index < -0.39 is 0 Å². The SMILES string of the molecule is O=C(c1ccc(N2CCCC2=O)cc1)c1cccc(I)c1. The Balaban J connectivity index is 1.84. The number of carbonyl (C=O) groups excluding carboxylic acids is 2. The van der Waals surface area contributed by atoms with Crippen molar-refractivity contribution >= 4 is 40.0 Å². The topological polar surface area (TPSA) is 37.4 Å². The molecule has 2 aromatic carbocycles. The van der Waals surface area contributed by atoms with Gasteiger partial charge >= 0.3 is 0 Å². The summed E-state index contributed by atoms with van der Waals surface area (Å²) >= 11 is 2.19. The number of carbonyl (C=O) groups is 2. The van der Waals surface area contributed by atoms with Gasteiger partial charge in [-0.1, -0.05) is 12.1 Å². The molecule has 0 aromatic heterocycles. The Kier molecular flexibility index (Phi) is 4.05. The van der Waals surface area contributed by atoms with Crippen molar-refractivity contribution in [3.63, 3.8) is 0 Å². The van der Waals surface area contributed by atoms with E-state index in [-0.39, 0.29) is 11.7 Å². The molecule has 1 amide bonds. The van der Waals surface area contributed by atoms with Crippen LogP contribution in [0.2, 0.25) is 0 Å². The normalized spacial score (nSPS) is 14.5. The highest BCUT2D eigenvalue weighted by Crippen LogP contribution is 2.22. The highest BCUT2D eigenvalue weighted by molar-refractivity contribution is 14.1. The number of hydrogen-bond donors (Lipinski definition) is 0. The molecule has 106 valence electrons. The number of ketones is 1. The van der Waals surface area contributed by atoms with Crippen LogP contribution in [0, 0.1) is 3.57 Å². The fourth-order valence-corrected chi connectivity index (χ4v) is 3.05. The number of benzene rings is 2. The molecule has 3 rings (SSSR count). The first-order valence-corrected chi connectivity index (χ1v) is 7.94. The van der Waals surface area contributed by atoms with Crippen molar-refractivity contribution in [1.29, 1.82) is 0 Å². The lowest BCUT2D eigenvalue weighted by Crippen LogP contribution is -2.23. The van der Waals surface area contributed by atoms with Gasteiger partial charge in [0.1, 0.15) is 0 Å². The lowest BCUT2D eigenvalue weighted by atomic mass is 10.0. The molecule has 0 aliphatic carbocycles. The maximum absolute atomic E-state index is 12.4. The molecule has 0 atom stereocenters. The van der Waals surface area contributed by atoms with Crippen molar-refractivity contribution < 1.29 is 9.59 Å². The van der Waals surface area contributed by atoms with Gasteiger partial charge in [-0.25, -0.2) is 0 Å². The van der Waals surface area contributed by atoms with Crippen molar-refractivity contribution in [1.82, 2.24) is 0 Å². The number of nitrogens with zero attached hydrogens (tertiary/aromatic N) is 1. The predicted molar refractivity (Wildman–Crippen MR) is 90.6 cm³/mol. The molecule has 21 heavy (non-hydrogen) atoms. The van der Waals surface area contributed by atoms with Crippen LogP contribution in [-0.2, 0) is 4.79 Å². The van der Waals surface area contributed by atoms with Crippen LogP contribution >= 0.6 is 22.6 Å². The van der Waals surface area contributed by atoms with E-state index in [1.165, 1.54) is 0 Å². The fraction of sp³-hybridized carbons (Fsp3) is 0.176. The van der Waals surface area contributed by atoms with Gasteiger partial charge in [0.05, 0.1) is 0 Å². The molecule has 1 aliphatic heterocycles. The first-order valence-electron chi connectivity index (χ1n) is 6.86. The molecular weight excluding hydrogens is 377 g/mol. The van der Waals surface area contributed by atoms with E-state index in [9.17, 15) is 9.59 Å². The fourth-order valence-electron chi connectivity index (χ4n) is 2.51. The Hall–Kier alpha value is -1.69. The second-order valence-corrected chi connectivity index (χ2v) is 6.28. The first kappa shape index (κ1) is 14.3. The predicted octanol–water partition coefficient (Wildman–Crippen LogP) is 3.65. The Morgan fingerprint density at radius 3 is 2.43 bits per heavy atom. The minimum Gasteiger partial charge on any atom is -0.312 e. The first-order chi connectivity index (χ1) is 10.1. The quantitative estimate of drug-likeness (QED) is 0.592. The minimum absolute atomic E-state index is 0.00724. The molecule has 0 unspecified atom stereocenters. The summed E-state index contributed by atoms with van der Waals surface area (Å²) in [7, 11) is 0. The molecule has 1 aliphatic rings.